The van der Waals surface area contributed by atoms with Crippen LogP contribution >= 0.6 is 72.8 Å². The van der Waals surface area contributed by atoms with Crippen LogP contribution in [-0.2, 0) is 13.0 Å². The molecule has 178 valence electrons. The zero-order valence-corrected chi connectivity index (χ0v) is 22.0. The highest BCUT2D eigenvalue weighted by molar-refractivity contribution is 6.35. The van der Waals surface area contributed by atoms with Crippen molar-refractivity contribution in [1.82, 2.24) is 20.9 Å². The number of hydrogen-bond acceptors (Lipinski definition) is 5. The van der Waals surface area contributed by atoms with E-state index in [2.05, 4.69) is 33.9 Å². The van der Waals surface area contributed by atoms with E-state index < -0.39 is 0 Å². The highest BCUT2D eigenvalue weighted by atomic mass is 35.5. The van der Waals surface area contributed by atoms with Gasteiger partial charge in [-0.3, -0.25) is 0 Å². The summed E-state index contributed by atoms with van der Waals surface area (Å²) >= 11 is 12.1. The highest BCUT2D eigenvalue weighted by Crippen LogP contribution is 2.20. The van der Waals surface area contributed by atoms with Crippen LogP contribution in [0.3, 0.4) is 0 Å². The van der Waals surface area contributed by atoms with Gasteiger partial charge in [0.25, 0.3) is 0 Å². The van der Waals surface area contributed by atoms with Crippen molar-refractivity contribution in [3.63, 3.8) is 0 Å². The van der Waals surface area contributed by atoms with Crippen molar-refractivity contribution in [2.24, 2.45) is 5.92 Å². The Kier molecular flexibility index (Phi) is 17.5. The maximum absolute atomic E-state index is 6.20. The van der Waals surface area contributed by atoms with Gasteiger partial charge in [0.05, 0.1) is 0 Å². The summed E-state index contributed by atoms with van der Waals surface area (Å²) in [5, 5.41) is 11.9. The van der Waals surface area contributed by atoms with Crippen LogP contribution in [0.5, 0.6) is 0 Å². The molecule has 0 amide bonds. The van der Waals surface area contributed by atoms with Crippen LogP contribution in [-0.4, -0.2) is 37.2 Å². The van der Waals surface area contributed by atoms with E-state index in [1.165, 1.54) is 0 Å². The van der Waals surface area contributed by atoms with Crippen molar-refractivity contribution in [1.29, 1.82) is 0 Å². The highest BCUT2D eigenvalue weighted by Gasteiger charge is 2.27. The quantitative estimate of drug-likeness (QED) is 0.363. The molecule has 0 radical (unpaired) electrons. The lowest BCUT2D eigenvalue weighted by Gasteiger charge is -2.20. The monoisotopic (exact) mass is 551 g/mol. The van der Waals surface area contributed by atoms with E-state index in [1.54, 1.807) is 6.07 Å². The summed E-state index contributed by atoms with van der Waals surface area (Å²) in [5.41, 5.74) is 9.18. The van der Waals surface area contributed by atoms with Gasteiger partial charge in [-0.15, -0.1) is 49.6 Å². The summed E-state index contributed by atoms with van der Waals surface area (Å²) in [6, 6.07) is 10.1. The number of anilines is 1. The van der Waals surface area contributed by atoms with Crippen LogP contribution in [0.2, 0.25) is 10.0 Å². The molecule has 1 fully saturated rings. The van der Waals surface area contributed by atoms with Crippen LogP contribution < -0.4 is 21.7 Å². The van der Waals surface area contributed by atoms with Gasteiger partial charge in [-0.2, -0.15) is 0 Å². The lowest BCUT2D eigenvalue weighted by atomic mass is 9.97. The van der Waals surface area contributed by atoms with Crippen molar-refractivity contribution < 1.29 is 0 Å². The molecule has 2 heterocycles. The van der Waals surface area contributed by atoms with Crippen molar-refractivity contribution in [3.8, 4) is 0 Å². The minimum Gasteiger partial charge on any atom is -0.384 e. The summed E-state index contributed by atoms with van der Waals surface area (Å²) in [5.74, 6) is 1.12. The van der Waals surface area contributed by atoms with E-state index in [0.717, 1.165) is 56.0 Å². The third-order valence-electron chi connectivity index (χ3n) is 4.89. The molecule has 1 aromatic heterocycles. The van der Waals surface area contributed by atoms with E-state index in [-0.39, 0.29) is 49.6 Å². The second kappa shape index (κ2) is 16.4. The predicted octanol–water partition coefficient (Wildman–Crippen LogP) is 4.48. The molecule has 3 rings (SSSR count). The van der Waals surface area contributed by atoms with E-state index in [4.69, 9.17) is 28.9 Å². The number of pyridine rings is 1. The first-order valence-electron chi connectivity index (χ1n) is 9.33. The Hall–Kier alpha value is -0.210. The Bertz CT molecular complexity index is 759. The standard InChI is InChI=1S/C20H27Cl2N5.4ClH/c1-13-6-17(27-20(23)7-13)8-15-11-25-12-19(15)26-5-4-24-10-14-2-3-16(21)9-18(14)22;;;;/h2-3,6-7,9,15,19,24-26H,4-5,8,10-12H2,1H3,(H2,23,27);4*1H/t15-,19-;;;;/m0..../s1. The zero-order chi connectivity index (χ0) is 19.2. The minimum absolute atomic E-state index is 0. The first kappa shape index (κ1) is 33.0. The van der Waals surface area contributed by atoms with Crippen molar-refractivity contribution in [2.45, 2.75) is 25.9 Å². The molecule has 0 bridgehead atoms. The fourth-order valence-electron chi connectivity index (χ4n) is 3.56. The van der Waals surface area contributed by atoms with Gasteiger partial charge >= 0.3 is 0 Å². The van der Waals surface area contributed by atoms with E-state index in [1.807, 2.05) is 18.2 Å². The third kappa shape index (κ3) is 10.5. The van der Waals surface area contributed by atoms with Crippen LogP contribution in [0.25, 0.3) is 0 Å². The van der Waals surface area contributed by atoms with E-state index in [9.17, 15) is 0 Å². The number of nitrogens with two attached hydrogens (primary N) is 1. The number of nitrogens with one attached hydrogen (secondary N) is 3. The first-order valence-corrected chi connectivity index (χ1v) is 10.1. The largest absolute Gasteiger partial charge is 0.384 e. The van der Waals surface area contributed by atoms with Gasteiger partial charge in [-0.25, -0.2) is 4.98 Å². The molecule has 11 heteroatoms. The maximum Gasteiger partial charge on any atom is 0.123 e. The number of benzene rings is 1. The molecule has 0 saturated carbocycles. The molecule has 2 atom stereocenters. The van der Waals surface area contributed by atoms with Crippen LogP contribution in [0.15, 0.2) is 30.3 Å². The summed E-state index contributed by atoms with van der Waals surface area (Å²) in [6.07, 6.45) is 0.935. The molecule has 1 saturated heterocycles. The van der Waals surface area contributed by atoms with E-state index >= 15 is 0 Å². The summed E-state index contributed by atoms with van der Waals surface area (Å²) in [7, 11) is 0. The average Bonchev–Trinajstić information content (AvgIpc) is 3.02. The Balaban J connectivity index is 0. The molecule has 2 aromatic rings. The summed E-state index contributed by atoms with van der Waals surface area (Å²) < 4.78 is 0. The van der Waals surface area contributed by atoms with Crippen LogP contribution in [0.4, 0.5) is 5.82 Å². The van der Waals surface area contributed by atoms with E-state index in [0.29, 0.717) is 27.8 Å². The summed E-state index contributed by atoms with van der Waals surface area (Å²) in [6.45, 7) is 6.55. The Morgan fingerprint density at radius 2 is 1.81 bits per heavy atom. The summed E-state index contributed by atoms with van der Waals surface area (Å²) in [4.78, 5) is 4.48. The van der Waals surface area contributed by atoms with Gasteiger partial charge in [0.15, 0.2) is 0 Å². The molecular formula is C20H31Cl6N5. The van der Waals surface area contributed by atoms with Gasteiger partial charge < -0.3 is 21.7 Å². The lowest BCUT2D eigenvalue weighted by molar-refractivity contribution is 0.419. The fourth-order valence-corrected chi connectivity index (χ4v) is 4.04. The van der Waals surface area contributed by atoms with Gasteiger partial charge in [-0.1, -0.05) is 29.3 Å². The Morgan fingerprint density at radius 1 is 1.06 bits per heavy atom. The van der Waals surface area contributed by atoms with Crippen LogP contribution in [0, 0.1) is 12.8 Å². The third-order valence-corrected chi connectivity index (χ3v) is 5.48. The van der Waals surface area contributed by atoms with Gasteiger partial charge in [0.2, 0.25) is 0 Å². The maximum atomic E-state index is 6.20. The predicted molar refractivity (Wildman–Crippen MR) is 142 cm³/mol. The molecule has 5 N–H and O–H groups in total. The fraction of sp³-hybridized carbons (Fsp3) is 0.450. The molecule has 31 heavy (non-hydrogen) atoms. The Labute approximate surface area is 219 Å². The molecule has 5 nitrogen and oxygen atoms in total. The van der Waals surface area contributed by atoms with Crippen LogP contribution in [0.1, 0.15) is 16.8 Å². The van der Waals surface area contributed by atoms with Gasteiger partial charge in [-0.05, 0) is 61.2 Å². The molecule has 1 aliphatic rings. The number of aryl methyl sites for hydroxylation is 1. The number of nitrogen functional groups attached to an aromatic ring is 1. The average molecular weight is 554 g/mol. The zero-order valence-electron chi connectivity index (χ0n) is 17.2. The number of hydrogen-bond donors (Lipinski definition) is 4. The molecule has 0 aliphatic carbocycles. The van der Waals surface area contributed by atoms with Crippen molar-refractivity contribution >= 4 is 78.6 Å². The minimum atomic E-state index is 0. The molecule has 1 aliphatic heterocycles. The second-order valence-corrected chi connectivity index (χ2v) is 8.00. The molecule has 0 unspecified atom stereocenters. The Morgan fingerprint density at radius 3 is 2.48 bits per heavy atom. The first-order chi connectivity index (χ1) is 13.0. The smallest absolute Gasteiger partial charge is 0.123 e. The number of halogens is 6. The second-order valence-electron chi connectivity index (χ2n) is 7.16. The SMILES string of the molecule is Cc1cc(N)nc(C[C@H]2CNC[C@@H]2NCCNCc2ccc(Cl)cc2Cl)c1.Cl.Cl.Cl.Cl. The number of nitrogens with zero attached hydrogens (tertiary/aromatic N) is 1. The molecule has 0 spiro atoms. The number of rotatable bonds is 8. The van der Waals surface area contributed by atoms with Gasteiger partial charge in [0.1, 0.15) is 5.82 Å². The van der Waals surface area contributed by atoms with Crippen molar-refractivity contribution in [2.75, 3.05) is 31.9 Å². The normalized spacial score (nSPS) is 17.0. The lowest BCUT2D eigenvalue weighted by Crippen LogP contribution is -2.40. The molecular weight excluding hydrogens is 523 g/mol. The topological polar surface area (TPSA) is 75.0 Å². The number of aromatic nitrogens is 1. The molecule has 1 aromatic carbocycles. The van der Waals surface area contributed by atoms with Crippen molar-refractivity contribution in [3.05, 3.63) is 57.2 Å². The van der Waals surface area contributed by atoms with Gasteiger partial charge in [0, 0.05) is 48.0 Å².